The third kappa shape index (κ3) is 3.26. The van der Waals surface area contributed by atoms with Gasteiger partial charge in [0, 0.05) is 10.0 Å². The first-order valence-corrected chi connectivity index (χ1v) is 6.74. The van der Waals surface area contributed by atoms with Gasteiger partial charge in [-0.15, -0.1) is 0 Å². The molecule has 0 saturated heterocycles. The van der Waals surface area contributed by atoms with E-state index in [1.807, 2.05) is 0 Å². The predicted molar refractivity (Wildman–Crippen MR) is 78.5 cm³/mol. The number of hydrogen-bond donors (Lipinski definition) is 1. The highest BCUT2D eigenvalue weighted by Crippen LogP contribution is 2.25. The van der Waals surface area contributed by atoms with E-state index in [9.17, 15) is 9.18 Å². The van der Waals surface area contributed by atoms with Crippen LogP contribution in [0.25, 0.3) is 0 Å². The number of benzene rings is 2. The molecule has 2 aromatic carbocycles. The number of halogens is 4. The summed E-state index contributed by atoms with van der Waals surface area (Å²) in [5, 5.41) is 2.79. The van der Waals surface area contributed by atoms with Crippen LogP contribution in [0.2, 0.25) is 10.0 Å². The van der Waals surface area contributed by atoms with Crippen molar-refractivity contribution in [1.82, 2.24) is 0 Å². The van der Waals surface area contributed by atoms with Crippen LogP contribution >= 0.6 is 39.1 Å². The molecule has 0 aromatic heterocycles. The van der Waals surface area contributed by atoms with Crippen LogP contribution in [0, 0.1) is 5.82 Å². The van der Waals surface area contributed by atoms with Crippen molar-refractivity contribution in [3.8, 4) is 0 Å². The van der Waals surface area contributed by atoms with Gasteiger partial charge in [0.2, 0.25) is 0 Å². The van der Waals surface area contributed by atoms with E-state index >= 15 is 0 Å². The van der Waals surface area contributed by atoms with E-state index in [-0.39, 0.29) is 10.7 Å². The third-order valence-electron chi connectivity index (χ3n) is 2.38. The Labute approximate surface area is 127 Å². The van der Waals surface area contributed by atoms with Crippen LogP contribution in [0.5, 0.6) is 0 Å². The molecule has 0 spiro atoms. The van der Waals surface area contributed by atoms with Crippen LogP contribution < -0.4 is 5.32 Å². The van der Waals surface area contributed by atoms with Crippen LogP contribution in [-0.2, 0) is 0 Å². The minimum Gasteiger partial charge on any atom is -0.319 e. The van der Waals surface area contributed by atoms with Gasteiger partial charge in [0.05, 0.1) is 15.7 Å². The van der Waals surface area contributed by atoms with Gasteiger partial charge in [-0.3, -0.25) is 4.79 Å². The zero-order valence-corrected chi connectivity index (χ0v) is 12.5. The van der Waals surface area contributed by atoms with Crippen molar-refractivity contribution in [1.29, 1.82) is 0 Å². The minimum absolute atomic E-state index is 0.0246. The third-order valence-corrected chi connectivity index (χ3v) is 3.91. The first-order chi connectivity index (χ1) is 8.99. The maximum absolute atomic E-state index is 13.6. The molecule has 0 heterocycles. The molecule has 0 aliphatic rings. The predicted octanol–water partition coefficient (Wildman–Crippen LogP) is 5.15. The van der Waals surface area contributed by atoms with Crippen LogP contribution in [-0.4, -0.2) is 5.91 Å². The van der Waals surface area contributed by atoms with Crippen molar-refractivity contribution in [3.05, 3.63) is 62.3 Å². The van der Waals surface area contributed by atoms with E-state index in [2.05, 4.69) is 21.2 Å². The highest BCUT2D eigenvalue weighted by atomic mass is 79.9. The fraction of sp³-hybridized carbons (Fsp3) is 0. The minimum atomic E-state index is -0.666. The number of anilines is 1. The second-order valence-corrected chi connectivity index (χ2v) is 5.35. The lowest BCUT2D eigenvalue weighted by Crippen LogP contribution is -2.13. The van der Waals surface area contributed by atoms with E-state index in [4.69, 9.17) is 23.2 Å². The van der Waals surface area contributed by atoms with Gasteiger partial charge in [-0.05, 0) is 46.3 Å². The molecule has 2 rings (SSSR count). The molecule has 19 heavy (non-hydrogen) atoms. The van der Waals surface area contributed by atoms with E-state index in [1.54, 1.807) is 18.2 Å². The maximum Gasteiger partial charge on any atom is 0.255 e. The van der Waals surface area contributed by atoms with Gasteiger partial charge in [0.15, 0.2) is 5.82 Å². The molecule has 1 amide bonds. The lowest BCUT2D eigenvalue weighted by molar-refractivity contribution is 0.102. The average molecular weight is 363 g/mol. The Hall–Kier alpha value is -1.10. The first kappa shape index (κ1) is 14.3. The summed E-state index contributed by atoms with van der Waals surface area (Å²) in [7, 11) is 0. The molecule has 0 radical (unpaired) electrons. The molecule has 1 N–H and O–H groups in total. The van der Waals surface area contributed by atoms with E-state index < -0.39 is 11.7 Å². The second-order valence-electron chi connectivity index (χ2n) is 3.68. The molecule has 2 nitrogen and oxygen atoms in total. The molecule has 0 atom stereocenters. The van der Waals surface area contributed by atoms with Crippen LogP contribution in [0.1, 0.15) is 10.4 Å². The van der Waals surface area contributed by atoms with Gasteiger partial charge in [-0.2, -0.15) is 0 Å². The van der Waals surface area contributed by atoms with Crippen molar-refractivity contribution in [2.75, 3.05) is 5.32 Å². The van der Waals surface area contributed by atoms with Crippen LogP contribution in [0.3, 0.4) is 0 Å². The fourth-order valence-electron chi connectivity index (χ4n) is 1.43. The monoisotopic (exact) mass is 361 g/mol. The second kappa shape index (κ2) is 5.90. The SMILES string of the molecule is O=C(Nc1cccc(Cl)c1F)c1ccc(Br)c(Cl)c1. The Kier molecular flexibility index (Phi) is 4.45. The molecule has 0 aliphatic heterocycles. The molecule has 0 aliphatic carbocycles. The summed E-state index contributed by atoms with van der Waals surface area (Å²) >= 11 is 14.8. The standard InChI is InChI=1S/C13H7BrCl2FNO/c14-8-5-4-7(6-10(8)16)13(19)18-11-3-1-2-9(15)12(11)17/h1-6H,(H,18,19). The summed E-state index contributed by atoms with van der Waals surface area (Å²) in [4.78, 5) is 11.9. The molecule has 0 unspecified atom stereocenters. The van der Waals surface area contributed by atoms with Gasteiger partial charge in [0.25, 0.3) is 5.91 Å². The molecule has 98 valence electrons. The van der Waals surface area contributed by atoms with Crippen molar-refractivity contribution in [3.63, 3.8) is 0 Å². The van der Waals surface area contributed by atoms with E-state index in [1.165, 1.54) is 18.2 Å². The van der Waals surface area contributed by atoms with E-state index in [0.717, 1.165) is 0 Å². The first-order valence-electron chi connectivity index (χ1n) is 5.19. The summed E-state index contributed by atoms with van der Waals surface area (Å²) in [6.45, 7) is 0. The van der Waals surface area contributed by atoms with E-state index in [0.29, 0.717) is 15.1 Å². The molecular weight excluding hydrogens is 356 g/mol. The number of carbonyl (C=O) groups is 1. The van der Waals surface area contributed by atoms with Gasteiger partial charge >= 0.3 is 0 Å². The molecule has 6 heteroatoms. The number of rotatable bonds is 2. The van der Waals surface area contributed by atoms with Gasteiger partial charge in [-0.1, -0.05) is 29.3 Å². The summed E-state index contributed by atoms with van der Waals surface area (Å²) in [5.74, 6) is -1.13. The Morgan fingerprint density at radius 1 is 1.16 bits per heavy atom. The van der Waals surface area contributed by atoms with Crippen molar-refractivity contribution < 1.29 is 9.18 Å². The van der Waals surface area contributed by atoms with Gasteiger partial charge < -0.3 is 5.32 Å². The summed E-state index contributed by atoms with van der Waals surface area (Å²) in [5.41, 5.74) is 0.351. The molecule has 0 bridgehead atoms. The summed E-state index contributed by atoms with van der Waals surface area (Å²) in [6, 6.07) is 9.10. The van der Waals surface area contributed by atoms with Crippen LogP contribution in [0.4, 0.5) is 10.1 Å². The molecule has 2 aromatic rings. The quantitative estimate of drug-likeness (QED) is 0.786. The molecular formula is C13H7BrCl2FNO. The maximum atomic E-state index is 13.6. The highest BCUT2D eigenvalue weighted by molar-refractivity contribution is 9.10. The molecule has 0 saturated carbocycles. The Morgan fingerprint density at radius 3 is 2.58 bits per heavy atom. The topological polar surface area (TPSA) is 29.1 Å². The van der Waals surface area contributed by atoms with Crippen molar-refractivity contribution >= 4 is 50.7 Å². The van der Waals surface area contributed by atoms with Crippen molar-refractivity contribution in [2.45, 2.75) is 0 Å². The largest absolute Gasteiger partial charge is 0.319 e. The zero-order chi connectivity index (χ0) is 14.0. The Morgan fingerprint density at radius 2 is 1.89 bits per heavy atom. The normalized spacial score (nSPS) is 10.3. The fourth-order valence-corrected chi connectivity index (χ4v) is 2.03. The van der Waals surface area contributed by atoms with Gasteiger partial charge in [0.1, 0.15) is 0 Å². The lowest BCUT2D eigenvalue weighted by atomic mass is 10.2. The molecule has 0 fully saturated rings. The van der Waals surface area contributed by atoms with Crippen molar-refractivity contribution in [2.24, 2.45) is 0 Å². The number of amides is 1. The number of nitrogens with one attached hydrogen (secondary N) is 1. The Balaban J connectivity index is 2.26. The lowest BCUT2D eigenvalue weighted by Gasteiger charge is -2.08. The highest BCUT2D eigenvalue weighted by Gasteiger charge is 2.12. The Bertz CT molecular complexity index is 649. The smallest absolute Gasteiger partial charge is 0.255 e. The summed E-state index contributed by atoms with van der Waals surface area (Å²) in [6.07, 6.45) is 0. The number of carbonyl (C=O) groups excluding carboxylic acids is 1. The number of hydrogen-bond acceptors (Lipinski definition) is 1. The average Bonchev–Trinajstić information content (AvgIpc) is 2.38. The zero-order valence-electron chi connectivity index (χ0n) is 9.38. The summed E-state index contributed by atoms with van der Waals surface area (Å²) < 4.78 is 14.3. The van der Waals surface area contributed by atoms with Gasteiger partial charge in [-0.25, -0.2) is 4.39 Å². The van der Waals surface area contributed by atoms with Crippen LogP contribution in [0.15, 0.2) is 40.9 Å².